The van der Waals surface area contributed by atoms with Crippen LogP contribution in [-0.2, 0) is 51.9 Å². The molecule has 0 fully saturated rings. The Balaban J connectivity index is 0.919. The second-order valence-corrected chi connectivity index (χ2v) is 17.7. The smallest absolute Gasteiger partial charge is 0.272 e. The lowest BCUT2D eigenvalue weighted by Gasteiger charge is -2.22. The number of hydrogen-bond acceptors (Lipinski definition) is 10. The number of amides is 8. The Bertz CT molecular complexity index is 2840. The second kappa shape index (κ2) is 24.0. The van der Waals surface area contributed by atoms with Crippen LogP contribution in [0.2, 0.25) is 0 Å². The Morgan fingerprint density at radius 3 is 0.863 bits per heavy atom. The summed E-state index contributed by atoms with van der Waals surface area (Å²) in [5.41, 5.74) is 10.2. The fraction of sp³-hybridized carbons (Fsp3) is 0.347. The highest BCUT2D eigenvalue weighted by Gasteiger charge is 2.21. The fourth-order valence-corrected chi connectivity index (χ4v) is 8.18. The molecular formula is C49H64N16O8. The van der Waals surface area contributed by atoms with E-state index in [1.165, 1.54) is 26.0 Å². The zero-order valence-electron chi connectivity index (χ0n) is 42.3. The second-order valence-electron chi connectivity index (χ2n) is 17.7. The van der Waals surface area contributed by atoms with Crippen LogP contribution in [0, 0.1) is 0 Å². The third-order valence-corrected chi connectivity index (χ3v) is 11.6. The molecule has 0 unspecified atom stereocenters. The van der Waals surface area contributed by atoms with Gasteiger partial charge in [-0.1, -0.05) is 0 Å². The number of nitrogens with one attached hydrogen (secondary N) is 8. The maximum atomic E-state index is 13.3. The van der Waals surface area contributed by atoms with Crippen molar-refractivity contribution < 1.29 is 38.4 Å². The van der Waals surface area contributed by atoms with Gasteiger partial charge >= 0.3 is 0 Å². The third kappa shape index (κ3) is 14.3. The van der Waals surface area contributed by atoms with Crippen molar-refractivity contribution in [1.29, 1.82) is 0 Å². The number of rotatable bonds is 23. The molecule has 73 heavy (non-hydrogen) atoms. The Morgan fingerprint density at radius 1 is 0.384 bits per heavy atom. The summed E-state index contributed by atoms with van der Waals surface area (Å²) < 4.78 is 9.55. The molecule has 0 aliphatic carbocycles. The van der Waals surface area contributed by atoms with Crippen molar-refractivity contribution in [1.82, 2.24) is 42.9 Å². The van der Waals surface area contributed by atoms with E-state index in [2.05, 4.69) is 47.4 Å². The number of aromatic nitrogens is 6. The van der Waals surface area contributed by atoms with Crippen molar-refractivity contribution in [3.8, 4) is 0 Å². The van der Waals surface area contributed by atoms with Crippen LogP contribution in [0.25, 0.3) is 0 Å². The van der Waals surface area contributed by atoms with Crippen molar-refractivity contribution in [2.75, 3.05) is 71.2 Å². The summed E-state index contributed by atoms with van der Waals surface area (Å²) >= 11 is 0. The number of carbonyl (C=O) groups is 8. The monoisotopic (exact) mass is 1000 g/mol. The molecule has 10 N–H and O–H groups in total. The first-order valence-electron chi connectivity index (χ1n) is 23.5. The van der Waals surface area contributed by atoms with E-state index in [9.17, 15) is 38.4 Å². The number of aryl methyl sites for hydroxylation is 6. The van der Waals surface area contributed by atoms with E-state index >= 15 is 0 Å². The van der Waals surface area contributed by atoms with Crippen LogP contribution in [0.4, 0.5) is 34.1 Å². The Morgan fingerprint density at radius 2 is 0.616 bits per heavy atom. The summed E-state index contributed by atoms with van der Waals surface area (Å²) in [7, 11) is 10.1. The summed E-state index contributed by atoms with van der Waals surface area (Å²) in [5, 5.41) is 22.4. The molecule has 0 aromatic carbocycles. The Labute approximate surface area is 421 Å². The van der Waals surface area contributed by atoms with Gasteiger partial charge in [-0.15, -0.1) is 0 Å². The third-order valence-electron chi connectivity index (χ3n) is 11.6. The van der Waals surface area contributed by atoms with Crippen LogP contribution in [0.1, 0.15) is 96.0 Å². The summed E-state index contributed by atoms with van der Waals surface area (Å²) in [5.74, 6) is -2.90. The molecule has 388 valence electrons. The van der Waals surface area contributed by atoms with Gasteiger partial charge in [-0.3, -0.25) is 38.4 Å². The van der Waals surface area contributed by atoms with Crippen molar-refractivity contribution in [3.05, 3.63) is 108 Å². The van der Waals surface area contributed by atoms with Crippen LogP contribution in [0.3, 0.4) is 0 Å². The molecule has 6 rings (SSSR count). The molecule has 0 atom stereocenters. The largest absolute Gasteiger partial charge is 0.351 e. The van der Waals surface area contributed by atoms with E-state index in [-0.39, 0.29) is 35.0 Å². The molecule has 6 aromatic heterocycles. The molecule has 0 aliphatic heterocycles. The highest BCUT2D eigenvalue weighted by atomic mass is 16.2. The molecule has 0 radical (unpaired) electrons. The number of nitrogens with two attached hydrogens (primary N) is 1. The highest BCUT2D eigenvalue weighted by molar-refractivity contribution is 6.09. The quantitative estimate of drug-likeness (QED) is 0.0423. The Kier molecular flexibility index (Phi) is 17.6. The minimum Gasteiger partial charge on any atom is -0.351 e. The molecule has 24 nitrogen and oxygen atoms in total. The maximum Gasteiger partial charge on any atom is 0.272 e. The molecule has 6 heterocycles. The molecular weight excluding hydrogens is 941 g/mol. The molecule has 6 aromatic rings. The van der Waals surface area contributed by atoms with Gasteiger partial charge in [0, 0.05) is 106 Å². The predicted molar refractivity (Wildman–Crippen MR) is 277 cm³/mol. The van der Waals surface area contributed by atoms with Gasteiger partial charge in [0.05, 0.1) is 34.1 Å². The first-order valence-corrected chi connectivity index (χ1v) is 23.5. The zero-order valence-corrected chi connectivity index (χ0v) is 42.3. The first-order chi connectivity index (χ1) is 34.7. The molecule has 0 saturated carbocycles. The number of nitrogens with zero attached hydrogens (tertiary/aromatic N) is 7. The van der Waals surface area contributed by atoms with Crippen LogP contribution in [-0.4, -0.2) is 119 Å². The van der Waals surface area contributed by atoms with Gasteiger partial charge in [0.1, 0.15) is 34.2 Å². The molecule has 0 saturated heterocycles. The number of anilines is 6. The van der Waals surface area contributed by atoms with Crippen molar-refractivity contribution >= 4 is 81.4 Å². The summed E-state index contributed by atoms with van der Waals surface area (Å²) in [6.45, 7) is 6.14. The van der Waals surface area contributed by atoms with Crippen LogP contribution in [0.5, 0.6) is 0 Å². The van der Waals surface area contributed by atoms with Gasteiger partial charge in [0.15, 0.2) is 0 Å². The van der Waals surface area contributed by atoms with Gasteiger partial charge in [-0.2, -0.15) is 0 Å². The lowest BCUT2D eigenvalue weighted by atomic mass is 10.2. The first kappa shape index (κ1) is 53.7. The van der Waals surface area contributed by atoms with Gasteiger partial charge < -0.3 is 80.6 Å². The van der Waals surface area contributed by atoms with Crippen LogP contribution >= 0.6 is 0 Å². The summed E-state index contributed by atoms with van der Waals surface area (Å²) in [4.78, 5) is 104. The van der Waals surface area contributed by atoms with Gasteiger partial charge in [0.25, 0.3) is 35.4 Å². The minimum atomic E-state index is -0.449. The maximum absolute atomic E-state index is 13.3. The van der Waals surface area contributed by atoms with E-state index in [0.717, 1.165) is 13.0 Å². The summed E-state index contributed by atoms with van der Waals surface area (Å²) in [6.07, 6.45) is 11.8. The molecule has 24 heteroatoms. The predicted octanol–water partition coefficient (Wildman–Crippen LogP) is 3.23. The Hall–Kier alpha value is -8.64. The lowest BCUT2D eigenvalue weighted by molar-refractivity contribution is -0.115. The van der Waals surface area contributed by atoms with E-state index in [4.69, 9.17) is 5.73 Å². The normalized spacial score (nSPS) is 11.0. The highest BCUT2D eigenvalue weighted by Crippen LogP contribution is 2.22. The zero-order chi connectivity index (χ0) is 53.1. The number of hydrogen-bond donors (Lipinski definition) is 9. The van der Waals surface area contributed by atoms with Gasteiger partial charge in [0.2, 0.25) is 11.8 Å². The molecule has 0 spiro atoms. The SMILES string of the molecule is CC(=O)Nc1cc(C(=O)Nc2cc(C(=O)Nc3cc(C(=O)NCCCN(CCCN)CCCNC(=O)c4cc(NC(=O)c5cc(NC(=O)c6cc(NC(C)=O)cn6C)cn5C)cn4C)n(C)c3)n(C)c2)n(C)c1. The van der Waals surface area contributed by atoms with Gasteiger partial charge in [-0.25, -0.2) is 0 Å². The molecule has 8 amide bonds. The molecule has 0 aliphatic rings. The summed E-state index contributed by atoms with van der Waals surface area (Å²) in [6, 6.07) is 9.34. The average molecular weight is 1010 g/mol. The van der Waals surface area contributed by atoms with Crippen molar-refractivity contribution in [3.63, 3.8) is 0 Å². The topological polar surface area (TPSA) is 292 Å². The van der Waals surface area contributed by atoms with Crippen molar-refractivity contribution in [2.24, 2.45) is 48.0 Å². The number of carbonyl (C=O) groups excluding carboxylic acids is 8. The van der Waals surface area contributed by atoms with Gasteiger partial charge in [-0.05, 0) is 81.8 Å². The van der Waals surface area contributed by atoms with Crippen LogP contribution in [0.15, 0.2) is 73.6 Å². The van der Waals surface area contributed by atoms with Crippen molar-refractivity contribution in [2.45, 2.75) is 33.1 Å². The fourth-order valence-electron chi connectivity index (χ4n) is 8.18. The van der Waals surface area contributed by atoms with E-state index in [0.29, 0.717) is 102 Å². The van der Waals surface area contributed by atoms with Crippen LogP contribution < -0.4 is 48.3 Å². The average Bonchev–Trinajstić information content (AvgIpc) is 4.18. The van der Waals surface area contributed by atoms with E-state index in [1.54, 1.807) is 131 Å². The lowest BCUT2D eigenvalue weighted by Crippen LogP contribution is -2.34. The minimum absolute atomic E-state index is 0.261. The van der Waals surface area contributed by atoms with E-state index < -0.39 is 23.6 Å². The molecule has 0 bridgehead atoms. The standard InChI is InChI=1S/C49H64N16O8/c1-30(66)53-32-18-40(61(5)24-32)46(70)57-36-22-42(63(7)28-36)48(72)55-34-20-38(59(3)26-34)44(68)51-13-10-16-65(15-9-12-50)17-11-14-52-45(69)39-21-35(27-60(39)4)56-49(73)43-23-37(29-64(43)8)58-47(71)41-19-33(25-62(41)6)54-31(2)67/h18-29H,9-17,50H2,1-8H3,(H,51,68)(H,52,69)(H,53,66)(H,54,67)(H,55,72)(H,56,73)(H,57,70)(H,58,71). The van der Waals surface area contributed by atoms with E-state index in [1.807, 2.05) is 0 Å².